The van der Waals surface area contributed by atoms with Crippen molar-refractivity contribution in [1.29, 1.82) is 0 Å². The fraction of sp³-hybridized carbons (Fsp3) is 0.567. The fourth-order valence-electron chi connectivity index (χ4n) is 8.77. The van der Waals surface area contributed by atoms with Crippen molar-refractivity contribution in [1.82, 2.24) is 4.98 Å². The first-order chi connectivity index (χ1) is 17.0. The summed E-state index contributed by atoms with van der Waals surface area (Å²) in [6.45, 7) is 12.5. The molecule has 2 bridgehead atoms. The van der Waals surface area contributed by atoms with Crippen molar-refractivity contribution >= 4 is 16.7 Å². The predicted octanol–water partition coefficient (Wildman–Crippen LogP) is 4.50. The molecule has 1 saturated heterocycles. The number of aromatic nitrogens is 1. The molecule has 2 aliphatic heterocycles. The number of hydrogen-bond acceptors (Lipinski definition) is 5. The Bertz CT molecular complexity index is 1360. The van der Waals surface area contributed by atoms with Gasteiger partial charge < -0.3 is 24.3 Å². The number of carbonyl (C=O) groups is 1. The number of ketones is 1. The lowest BCUT2D eigenvalue weighted by Gasteiger charge is -2.67. The Morgan fingerprint density at radius 3 is 2.78 bits per heavy atom. The molecule has 7 atom stereocenters. The lowest BCUT2D eigenvalue weighted by molar-refractivity contribution is -0.279. The van der Waals surface area contributed by atoms with Crippen LogP contribution in [0.5, 0.6) is 0 Å². The van der Waals surface area contributed by atoms with Gasteiger partial charge >= 0.3 is 0 Å². The first kappa shape index (κ1) is 22.9. The van der Waals surface area contributed by atoms with Gasteiger partial charge in [-0.2, -0.15) is 0 Å². The lowest BCUT2D eigenvalue weighted by Crippen LogP contribution is -2.74. The molecule has 2 saturated carbocycles. The number of H-pyrrole nitrogens is 1. The van der Waals surface area contributed by atoms with Gasteiger partial charge in [0.05, 0.1) is 12.7 Å². The molecule has 190 valence electrons. The maximum Gasteiger partial charge on any atom is 0.195 e. The van der Waals surface area contributed by atoms with Gasteiger partial charge in [0.15, 0.2) is 17.7 Å². The Balaban J connectivity index is 1.46. The largest absolute Gasteiger partial charge is 0.382 e. The molecule has 2 aromatic rings. The van der Waals surface area contributed by atoms with Crippen molar-refractivity contribution < 1.29 is 24.1 Å². The number of nitrogens with one attached hydrogen (secondary N) is 1. The molecule has 0 radical (unpaired) electrons. The lowest BCUT2D eigenvalue weighted by atomic mass is 9.41. The van der Waals surface area contributed by atoms with Crippen LogP contribution in [0.25, 0.3) is 10.9 Å². The zero-order valence-electron chi connectivity index (χ0n) is 21.5. The Morgan fingerprint density at radius 2 is 2.00 bits per heavy atom. The van der Waals surface area contributed by atoms with Gasteiger partial charge in [-0.1, -0.05) is 38.1 Å². The highest BCUT2D eigenvalue weighted by Gasteiger charge is 2.77. The summed E-state index contributed by atoms with van der Waals surface area (Å²) in [6.07, 6.45) is 5.03. The number of rotatable bonds is 3. The first-order valence-electron chi connectivity index (χ1n) is 13.2. The van der Waals surface area contributed by atoms with Crippen LogP contribution in [-0.2, 0) is 30.8 Å². The third-order valence-electron chi connectivity index (χ3n) is 10.7. The summed E-state index contributed by atoms with van der Waals surface area (Å²) in [5.74, 6) is -0.975. The molecule has 1 aromatic carbocycles. The third-order valence-corrected chi connectivity index (χ3v) is 10.7. The minimum absolute atomic E-state index is 0.145. The zero-order valence-corrected chi connectivity index (χ0v) is 21.5. The number of para-hydroxylation sites is 1. The van der Waals surface area contributed by atoms with Crippen molar-refractivity contribution in [2.75, 3.05) is 6.61 Å². The Labute approximate surface area is 211 Å². The molecule has 3 fully saturated rings. The molecule has 1 unspecified atom stereocenters. The zero-order chi connectivity index (χ0) is 25.3. The van der Waals surface area contributed by atoms with E-state index in [4.69, 9.17) is 14.2 Å². The van der Waals surface area contributed by atoms with Crippen molar-refractivity contribution in [3.8, 4) is 0 Å². The van der Waals surface area contributed by atoms with Crippen molar-refractivity contribution in [2.24, 2.45) is 11.3 Å². The summed E-state index contributed by atoms with van der Waals surface area (Å²) < 4.78 is 19.3. The van der Waals surface area contributed by atoms with Crippen LogP contribution in [0.4, 0.5) is 0 Å². The molecule has 1 aromatic heterocycles. The van der Waals surface area contributed by atoms with Crippen LogP contribution in [0.2, 0.25) is 0 Å². The number of fused-ring (bicyclic) bond motifs is 9. The normalized spacial score (nSPS) is 44.0. The molecule has 7 rings (SSSR count). The van der Waals surface area contributed by atoms with Gasteiger partial charge in [-0.3, -0.25) is 4.79 Å². The van der Waals surface area contributed by atoms with E-state index in [0.29, 0.717) is 31.4 Å². The molecule has 3 aliphatic carbocycles. The minimum Gasteiger partial charge on any atom is -0.382 e. The van der Waals surface area contributed by atoms with Crippen LogP contribution >= 0.6 is 0 Å². The highest BCUT2D eigenvalue weighted by Crippen LogP contribution is 2.72. The van der Waals surface area contributed by atoms with Crippen LogP contribution in [-0.4, -0.2) is 51.7 Å². The van der Waals surface area contributed by atoms with Gasteiger partial charge in [0.1, 0.15) is 11.2 Å². The molecule has 2 N–H and O–H groups in total. The fourth-order valence-corrected chi connectivity index (χ4v) is 8.77. The first-order valence-corrected chi connectivity index (χ1v) is 13.2. The second-order valence-electron chi connectivity index (χ2n) is 12.5. The summed E-state index contributed by atoms with van der Waals surface area (Å²) >= 11 is 0. The van der Waals surface area contributed by atoms with E-state index < -0.39 is 34.6 Å². The minimum atomic E-state index is -1.46. The molecule has 36 heavy (non-hydrogen) atoms. The van der Waals surface area contributed by atoms with Gasteiger partial charge in [0, 0.05) is 39.4 Å². The quantitative estimate of drug-likeness (QED) is 0.621. The number of hydrogen-bond donors (Lipinski definition) is 2. The van der Waals surface area contributed by atoms with Crippen molar-refractivity contribution in [3.05, 3.63) is 59.8 Å². The molecule has 6 nitrogen and oxygen atoms in total. The van der Waals surface area contributed by atoms with Gasteiger partial charge in [0.25, 0.3) is 0 Å². The summed E-state index contributed by atoms with van der Waals surface area (Å²) in [4.78, 5) is 17.1. The van der Waals surface area contributed by atoms with E-state index in [1.165, 1.54) is 16.6 Å². The van der Waals surface area contributed by atoms with E-state index >= 15 is 0 Å². The van der Waals surface area contributed by atoms with Crippen LogP contribution in [0.15, 0.2) is 48.6 Å². The van der Waals surface area contributed by atoms with Gasteiger partial charge in [-0.05, 0) is 56.7 Å². The van der Waals surface area contributed by atoms with E-state index in [-0.39, 0.29) is 17.1 Å². The number of ether oxygens (including phenoxy) is 3. The summed E-state index contributed by atoms with van der Waals surface area (Å²) in [5.41, 5.74) is 0.997. The van der Waals surface area contributed by atoms with E-state index in [0.717, 1.165) is 11.9 Å². The van der Waals surface area contributed by atoms with Crippen molar-refractivity contribution in [3.63, 3.8) is 0 Å². The average molecular weight is 490 g/mol. The number of aliphatic hydroxyl groups is 1. The predicted molar refractivity (Wildman–Crippen MR) is 136 cm³/mol. The van der Waals surface area contributed by atoms with Crippen LogP contribution in [0, 0.1) is 11.3 Å². The standard InChI is InChI=1S/C30H35NO5/c1-6-13-34-23-15-17-14-19-18-9-7-8-10-20(18)31-24(19)28(17,5)27(4)11-12-29-22(30(23,27)33)16-21(32)25(35-29)26(2,3)36-29/h6-10,16-17,23,25,31,33H,1,11-15H2,2-5H3/t17-,23+,25+,27-,28-,29?,30+/m1/s1. The summed E-state index contributed by atoms with van der Waals surface area (Å²) in [6, 6.07) is 8.46. The molecule has 1 spiro atoms. The summed E-state index contributed by atoms with van der Waals surface area (Å²) in [7, 11) is 0. The van der Waals surface area contributed by atoms with E-state index in [2.05, 4.69) is 49.7 Å². The molecule has 5 aliphatic rings. The van der Waals surface area contributed by atoms with Crippen molar-refractivity contribution in [2.45, 2.75) is 88.0 Å². The van der Waals surface area contributed by atoms with E-state index in [1.54, 1.807) is 12.2 Å². The highest BCUT2D eigenvalue weighted by molar-refractivity contribution is 5.97. The average Bonchev–Trinajstić information content (AvgIpc) is 3.42. The number of benzene rings is 1. The van der Waals surface area contributed by atoms with E-state index in [9.17, 15) is 9.90 Å². The molecular weight excluding hydrogens is 454 g/mol. The summed E-state index contributed by atoms with van der Waals surface area (Å²) in [5, 5.41) is 14.3. The Kier molecular flexibility index (Phi) is 4.32. The number of carbonyl (C=O) groups excluding carboxylic acids is 1. The third kappa shape index (κ3) is 2.36. The Hall–Kier alpha value is -2.25. The monoisotopic (exact) mass is 489 g/mol. The molecule has 0 amide bonds. The smallest absolute Gasteiger partial charge is 0.195 e. The second kappa shape index (κ2) is 6.79. The van der Waals surface area contributed by atoms with Gasteiger partial charge in [0.2, 0.25) is 0 Å². The maximum atomic E-state index is 13.3. The highest BCUT2D eigenvalue weighted by atomic mass is 16.8. The molecule has 6 heteroatoms. The Morgan fingerprint density at radius 1 is 1.22 bits per heavy atom. The maximum absolute atomic E-state index is 13.3. The number of aromatic amines is 1. The van der Waals surface area contributed by atoms with Crippen LogP contribution in [0.1, 0.15) is 58.2 Å². The van der Waals surface area contributed by atoms with Crippen LogP contribution < -0.4 is 0 Å². The second-order valence-corrected chi connectivity index (χ2v) is 12.5. The SMILES string of the molecule is C=CCO[C@H]1C[C@H]2Cc3c([nH]c4ccccc34)[C@]2(C)[C@@]2(C)CCC34O[C@@H](C(=O)C=C3[C@]12O)C(C)(C)O4. The van der Waals surface area contributed by atoms with Gasteiger partial charge in [-0.25, -0.2) is 0 Å². The van der Waals surface area contributed by atoms with Crippen LogP contribution in [0.3, 0.4) is 0 Å². The molecular formula is C30H35NO5. The molecule has 3 heterocycles. The topological polar surface area (TPSA) is 80.8 Å². The van der Waals surface area contributed by atoms with Gasteiger partial charge in [-0.15, -0.1) is 6.58 Å². The van der Waals surface area contributed by atoms with E-state index in [1.807, 2.05) is 13.8 Å².